The van der Waals surface area contributed by atoms with E-state index in [2.05, 4.69) is 20.9 Å². The highest BCUT2D eigenvalue weighted by atomic mass is 16.4. The summed E-state index contributed by atoms with van der Waals surface area (Å²) in [5, 5.41) is 36.9. The van der Waals surface area contributed by atoms with E-state index in [0.29, 0.717) is 30.5 Å². The van der Waals surface area contributed by atoms with Gasteiger partial charge in [0.2, 0.25) is 17.7 Å². The number of carbonyl (C=O) groups is 5. The Morgan fingerprint density at radius 1 is 0.778 bits per heavy atom. The van der Waals surface area contributed by atoms with E-state index in [1.165, 1.54) is 24.3 Å². The van der Waals surface area contributed by atoms with E-state index < -0.39 is 53.8 Å². The summed E-state index contributed by atoms with van der Waals surface area (Å²) in [5.41, 5.74) is 13.6. The van der Waals surface area contributed by atoms with Crippen LogP contribution in [0.2, 0.25) is 0 Å². The van der Waals surface area contributed by atoms with E-state index >= 15 is 0 Å². The van der Waals surface area contributed by atoms with Crippen LogP contribution in [0.1, 0.15) is 43.2 Å². The molecule has 0 saturated heterocycles. The smallest absolute Gasteiger partial charge is 0.326 e. The number of benzene rings is 2. The molecule has 11 N–H and O–H groups in total. The number of aromatic hydroxyl groups is 1. The number of phenolic OH excluding ortho intramolecular Hbond substituents is 1. The summed E-state index contributed by atoms with van der Waals surface area (Å²) in [7, 11) is 0. The van der Waals surface area contributed by atoms with Crippen LogP contribution < -0.4 is 27.4 Å². The fourth-order valence-corrected chi connectivity index (χ4v) is 4.79. The molecule has 0 saturated carbocycles. The third kappa shape index (κ3) is 10.6. The number of aliphatic carboxylic acids is 2. The van der Waals surface area contributed by atoms with Crippen molar-refractivity contribution < 1.29 is 39.3 Å². The summed E-state index contributed by atoms with van der Waals surface area (Å²) >= 11 is 0. The van der Waals surface area contributed by atoms with E-state index in [1.807, 2.05) is 24.3 Å². The van der Waals surface area contributed by atoms with E-state index in [-0.39, 0.29) is 37.9 Å². The largest absolute Gasteiger partial charge is 0.508 e. The van der Waals surface area contributed by atoms with Crippen molar-refractivity contribution in [3.8, 4) is 5.75 Å². The van der Waals surface area contributed by atoms with Crippen molar-refractivity contribution in [2.24, 2.45) is 11.5 Å². The number of carboxylic acids is 2. The first-order valence-corrected chi connectivity index (χ1v) is 14.6. The van der Waals surface area contributed by atoms with Gasteiger partial charge in [-0.25, -0.2) is 4.79 Å². The van der Waals surface area contributed by atoms with Gasteiger partial charge in [-0.15, -0.1) is 0 Å². The number of aromatic nitrogens is 1. The lowest BCUT2D eigenvalue weighted by Gasteiger charge is -2.25. The highest BCUT2D eigenvalue weighted by Gasteiger charge is 2.31. The molecule has 0 aliphatic rings. The van der Waals surface area contributed by atoms with Crippen LogP contribution in [-0.4, -0.2) is 80.7 Å². The van der Waals surface area contributed by atoms with Crippen molar-refractivity contribution in [3.05, 3.63) is 65.9 Å². The lowest BCUT2D eigenvalue weighted by molar-refractivity contribution is -0.142. The Kier molecular flexibility index (Phi) is 12.9. The van der Waals surface area contributed by atoms with Crippen molar-refractivity contribution in [3.63, 3.8) is 0 Å². The first kappa shape index (κ1) is 34.5. The molecule has 0 fully saturated rings. The predicted molar refractivity (Wildman–Crippen MR) is 165 cm³/mol. The van der Waals surface area contributed by atoms with E-state index in [1.54, 1.807) is 6.20 Å². The van der Waals surface area contributed by atoms with Crippen LogP contribution in [0.25, 0.3) is 10.9 Å². The van der Waals surface area contributed by atoms with Gasteiger partial charge in [-0.2, -0.15) is 0 Å². The van der Waals surface area contributed by atoms with Crippen LogP contribution in [0.4, 0.5) is 0 Å². The molecule has 0 radical (unpaired) electrons. The summed E-state index contributed by atoms with van der Waals surface area (Å²) in [6.07, 6.45) is 2.30. The zero-order valence-corrected chi connectivity index (χ0v) is 24.7. The third-order valence-electron chi connectivity index (χ3n) is 7.31. The number of para-hydroxylation sites is 1. The monoisotopic (exact) mass is 624 g/mol. The fourth-order valence-electron chi connectivity index (χ4n) is 4.79. The summed E-state index contributed by atoms with van der Waals surface area (Å²) in [4.78, 5) is 66.1. The van der Waals surface area contributed by atoms with Gasteiger partial charge < -0.3 is 47.7 Å². The van der Waals surface area contributed by atoms with Crippen molar-refractivity contribution in [2.75, 3.05) is 6.54 Å². The molecular formula is C31H40N6O8. The molecule has 0 bridgehead atoms. The number of hydrogen-bond acceptors (Lipinski definition) is 8. The molecule has 14 nitrogen and oxygen atoms in total. The topological polar surface area (TPSA) is 250 Å². The standard InChI is InChI=1S/C31H40N6O8/c32-14-4-3-7-24(29(42)37-26(31(44)45)15-18-8-10-20(38)11-9-18)35-30(43)25(36-28(41)22(33)12-13-27(39)40)16-19-17-34-23-6-2-1-5-21(19)23/h1-2,5-6,8-11,17,22,24-26,34,38H,3-4,7,12-16,32-33H2,(H,35,43)(H,36,41)(H,37,42)(H,39,40)(H,44,45). The minimum Gasteiger partial charge on any atom is -0.508 e. The molecule has 0 spiro atoms. The maximum atomic E-state index is 13.7. The number of carboxylic acid groups (broad SMARTS) is 2. The Balaban J connectivity index is 1.82. The molecule has 1 aromatic heterocycles. The van der Waals surface area contributed by atoms with Gasteiger partial charge in [0.15, 0.2) is 0 Å². The molecule has 4 atom stereocenters. The van der Waals surface area contributed by atoms with Crippen LogP contribution in [-0.2, 0) is 36.8 Å². The number of nitrogens with one attached hydrogen (secondary N) is 4. The first-order valence-electron chi connectivity index (χ1n) is 14.6. The molecule has 3 aromatic rings. The number of nitrogens with two attached hydrogens (primary N) is 2. The van der Waals surface area contributed by atoms with Crippen molar-refractivity contribution in [2.45, 2.75) is 69.1 Å². The van der Waals surface area contributed by atoms with Crippen LogP contribution in [0, 0.1) is 0 Å². The fraction of sp³-hybridized carbons (Fsp3) is 0.387. The SMILES string of the molecule is NCCCCC(NC(=O)C(Cc1c[nH]c2ccccc12)NC(=O)C(N)CCC(=O)O)C(=O)NC(Cc1ccc(O)cc1)C(=O)O. The second-order valence-corrected chi connectivity index (χ2v) is 10.8. The number of unbranched alkanes of at least 4 members (excludes halogenated alkanes) is 1. The van der Waals surface area contributed by atoms with Crippen molar-refractivity contribution in [1.82, 2.24) is 20.9 Å². The highest BCUT2D eigenvalue weighted by Crippen LogP contribution is 2.20. The average Bonchev–Trinajstić information content (AvgIpc) is 3.42. The highest BCUT2D eigenvalue weighted by molar-refractivity contribution is 5.95. The molecule has 242 valence electrons. The number of H-pyrrole nitrogens is 1. The van der Waals surface area contributed by atoms with Gasteiger partial charge in [-0.3, -0.25) is 19.2 Å². The number of rotatable bonds is 18. The molecule has 4 unspecified atom stereocenters. The Hall–Kier alpha value is -4.95. The Morgan fingerprint density at radius 2 is 1.42 bits per heavy atom. The molecule has 1 heterocycles. The maximum Gasteiger partial charge on any atom is 0.326 e. The van der Waals surface area contributed by atoms with E-state index in [4.69, 9.17) is 16.6 Å². The van der Waals surface area contributed by atoms with Crippen LogP contribution in [0.3, 0.4) is 0 Å². The van der Waals surface area contributed by atoms with Gasteiger partial charge >= 0.3 is 11.9 Å². The third-order valence-corrected chi connectivity index (χ3v) is 7.31. The first-order chi connectivity index (χ1) is 21.5. The molecule has 3 amide bonds. The minimum absolute atomic E-state index is 0.00876. The quantitative estimate of drug-likeness (QED) is 0.0887. The van der Waals surface area contributed by atoms with Crippen molar-refractivity contribution >= 4 is 40.6 Å². The Labute approximate surface area is 259 Å². The molecule has 45 heavy (non-hydrogen) atoms. The molecule has 2 aromatic carbocycles. The van der Waals surface area contributed by atoms with Gasteiger partial charge in [0.1, 0.15) is 23.9 Å². The summed E-state index contributed by atoms with van der Waals surface area (Å²) in [6.45, 7) is 0.342. The molecular weight excluding hydrogens is 584 g/mol. The zero-order chi connectivity index (χ0) is 32.9. The second kappa shape index (κ2) is 16.8. The van der Waals surface area contributed by atoms with Gasteiger partial charge in [0, 0.05) is 36.4 Å². The minimum atomic E-state index is -1.33. The zero-order valence-electron chi connectivity index (χ0n) is 24.7. The number of carbonyl (C=O) groups excluding carboxylic acids is 3. The normalized spacial score (nSPS) is 13.7. The lowest BCUT2D eigenvalue weighted by atomic mass is 10.0. The molecule has 0 aliphatic carbocycles. The molecule has 0 aliphatic heterocycles. The summed E-state index contributed by atoms with van der Waals surface area (Å²) in [5.74, 6) is -4.58. The Bertz CT molecular complexity index is 1470. The predicted octanol–water partition coefficient (Wildman–Crippen LogP) is 0.519. The van der Waals surface area contributed by atoms with Gasteiger partial charge in [0.05, 0.1) is 6.04 Å². The lowest BCUT2D eigenvalue weighted by Crippen LogP contribution is -2.57. The average molecular weight is 625 g/mol. The summed E-state index contributed by atoms with van der Waals surface area (Å²) < 4.78 is 0. The van der Waals surface area contributed by atoms with Crippen LogP contribution >= 0.6 is 0 Å². The number of amides is 3. The van der Waals surface area contributed by atoms with Gasteiger partial charge in [-0.1, -0.05) is 30.3 Å². The number of fused-ring (bicyclic) bond motifs is 1. The van der Waals surface area contributed by atoms with Crippen LogP contribution in [0.5, 0.6) is 5.75 Å². The molecule has 14 heteroatoms. The number of phenols is 1. The second-order valence-electron chi connectivity index (χ2n) is 10.8. The number of hydrogen-bond donors (Lipinski definition) is 9. The number of aromatic amines is 1. The maximum absolute atomic E-state index is 13.7. The van der Waals surface area contributed by atoms with Crippen molar-refractivity contribution in [1.29, 1.82) is 0 Å². The summed E-state index contributed by atoms with van der Waals surface area (Å²) in [6, 6.07) is 8.36. The van der Waals surface area contributed by atoms with E-state index in [9.17, 15) is 34.2 Å². The van der Waals surface area contributed by atoms with Crippen LogP contribution in [0.15, 0.2) is 54.7 Å². The Morgan fingerprint density at radius 3 is 2.09 bits per heavy atom. The van der Waals surface area contributed by atoms with Gasteiger partial charge in [-0.05, 0) is 61.6 Å². The molecule has 3 rings (SSSR count). The van der Waals surface area contributed by atoms with Gasteiger partial charge in [0.25, 0.3) is 0 Å². The van der Waals surface area contributed by atoms with E-state index in [0.717, 1.165) is 10.9 Å².